The summed E-state index contributed by atoms with van der Waals surface area (Å²) in [5.74, 6) is 1.79. The number of likely N-dealkylation sites (tertiary alicyclic amines) is 1. The fraction of sp³-hybridized carbons (Fsp3) is 0.680. The van der Waals surface area contributed by atoms with E-state index in [2.05, 4.69) is 4.90 Å². The Morgan fingerprint density at radius 3 is 2.55 bits per heavy atom. The Morgan fingerprint density at radius 1 is 1.09 bits per heavy atom. The number of aromatic hydroxyl groups is 1. The Labute approximate surface area is 195 Å². The van der Waals surface area contributed by atoms with E-state index in [0.717, 1.165) is 45.3 Å². The minimum Gasteiger partial charge on any atom is -0.504 e. The third kappa shape index (κ3) is 4.08. The van der Waals surface area contributed by atoms with E-state index in [-0.39, 0.29) is 29.4 Å². The first-order chi connectivity index (χ1) is 16.0. The fourth-order valence-corrected chi connectivity index (χ4v) is 6.69. The van der Waals surface area contributed by atoms with Gasteiger partial charge in [0, 0.05) is 50.1 Å². The zero-order valence-corrected chi connectivity index (χ0v) is 19.4. The molecule has 8 nitrogen and oxygen atoms in total. The zero-order chi connectivity index (χ0) is 23.1. The van der Waals surface area contributed by atoms with Crippen molar-refractivity contribution in [2.75, 3.05) is 46.4 Å². The normalized spacial score (nSPS) is 31.3. The van der Waals surface area contributed by atoms with Gasteiger partial charge in [0.2, 0.25) is 5.91 Å². The van der Waals surface area contributed by atoms with Gasteiger partial charge in [-0.3, -0.25) is 14.5 Å². The number of unbranched alkanes of at least 4 members (excludes halogenated alkanes) is 1. The predicted molar refractivity (Wildman–Crippen MR) is 122 cm³/mol. The Hall–Kier alpha value is -2.32. The molecule has 4 fully saturated rings. The van der Waals surface area contributed by atoms with Crippen LogP contribution >= 0.6 is 0 Å². The van der Waals surface area contributed by atoms with Gasteiger partial charge in [0.05, 0.1) is 7.11 Å². The van der Waals surface area contributed by atoms with E-state index in [1.807, 2.05) is 4.90 Å². The van der Waals surface area contributed by atoms with Crippen molar-refractivity contribution in [1.29, 1.82) is 0 Å². The number of aliphatic hydroxyl groups excluding tert-OH is 1. The Bertz CT molecular complexity index is 900. The molecule has 2 bridgehead atoms. The molecule has 3 unspecified atom stereocenters. The lowest BCUT2D eigenvalue weighted by Gasteiger charge is -2.35. The molecule has 2 saturated carbocycles. The number of rotatable bonds is 7. The number of ether oxygens (including phenoxy) is 1. The lowest BCUT2D eigenvalue weighted by Crippen LogP contribution is -2.48. The van der Waals surface area contributed by atoms with Gasteiger partial charge in [0.15, 0.2) is 11.5 Å². The molecule has 8 heteroatoms. The molecule has 2 N–H and O–H groups in total. The van der Waals surface area contributed by atoms with E-state index >= 15 is 0 Å². The SMILES string of the molecule is COc1cc(C(=O)N2CCN(CCCCN3C(=O)[C@@H]4C5CCC(C5)[C@@H]4C3O)CC2)ccc1O. The van der Waals surface area contributed by atoms with Crippen molar-refractivity contribution in [3.8, 4) is 11.5 Å². The van der Waals surface area contributed by atoms with Crippen LogP contribution in [0.15, 0.2) is 18.2 Å². The minimum absolute atomic E-state index is 0.0255. The smallest absolute Gasteiger partial charge is 0.254 e. The number of aliphatic hydroxyl groups is 1. The molecule has 4 aliphatic rings. The highest BCUT2D eigenvalue weighted by Gasteiger charge is 2.60. The minimum atomic E-state index is -0.578. The van der Waals surface area contributed by atoms with Crippen LogP contribution in [0.4, 0.5) is 0 Å². The number of phenolic OH excluding ortho intramolecular Hbond substituents is 1. The first-order valence-corrected chi connectivity index (χ1v) is 12.3. The largest absolute Gasteiger partial charge is 0.504 e. The van der Waals surface area contributed by atoms with Crippen LogP contribution in [0.2, 0.25) is 0 Å². The third-order valence-electron chi connectivity index (χ3n) is 8.42. The highest BCUT2D eigenvalue weighted by molar-refractivity contribution is 5.95. The monoisotopic (exact) mass is 457 g/mol. The van der Waals surface area contributed by atoms with Crippen molar-refractivity contribution < 1.29 is 24.5 Å². The molecule has 0 aromatic heterocycles. The van der Waals surface area contributed by atoms with Crippen molar-refractivity contribution in [3.63, 3.8) is 0 Å². The summed E-state index contributed by atoms with van der Waals surface area (Å²) in [4.78, 5) is 31.6. The summed E-state index contributed by atoms with van der Waals surface area (Å²) in [5, 5.41) is 20.5. The molecular formula is C25H35N3O5. The molecule has 2 aliphatic heterocycles. The van der Waals surface area contributed by atoms with Gasteiger partial charge >= 0.3 is 0 Å². The maximum atomic E-state index is 12.9. The molecule has 2 heterocycles. The highest BCUT2D eigenvalue weighted by atomic mass is 16.5. The Kier molecular flexibility index (Phi) is 6.22. The van der Waals surface area contributed by atoms with E-state index in [0.29, 0.717) is 42.8 Å². The summed E-state index contributed by atoms with van der Waals surface area (Å²) >= 11 is 0. The van der Waals surface area contributed by atoms with Crippen LogP contribution in [0.3, 0.4) is 0 Å². The van der Waals surface area contributed by atoms with Gasteiger partial charge in [-0.1, -0.05) is 0 Å². The van der Waals surface area contributed by atoms with Crippen LogP contribution in [-0.2, 0) is 4.79 Å². The molecule has 5 atom stereocenters. The number of carbonyl (C=O) groups excluding carboxylic acids is 2. The lowest BCUT2D eigenvalue weighted by atomic mass is 9.81. The number of fused-ring (bicyclic) bond motifs is 5. The number of piperazine rings is 1. The molecular weight excluding hydrogens is 422 g/mol. The van der Waals surface area contributed by atoms with Crippen molar-refractivity contribution in [3.05, 3.63) is 23.8 Å². The number of benzene rings is 1. The van der Waals surface area contributed by atoms with E-state index in [4.69, 9.17) is 4.74 Å². The summed E-state index contributed by atoms with van der Waals surface area (Å²) in [6, 6.07) is 4.69. The van der Waals surface area contributed by atoms with Crippen molar-refractivity contribution in [2.45, 2.75) is 38.3 Å². The van der Waals surface area contributed by atoms with Gasteiger partial charge in [0.25, 0.3) is 5.91 Å². The maximum Gasteiger partial charge on any atom is 0.254 e. The van der Waals surface area contributed by atoms with Gasteiger partial charge in [-0.05, 0) is 68.7 Å². The number of hydrogen-bond acceptors (Lipinski definition) is 6. The molecule has 33 heavy (non-hydrogen) atoms. The van der Waals surface area contributed by atoms with Crippen LogP contribution in [0.1, 0.15) is 42.5 Å². The number of carbonyl (C=O) groups is 2. The van der Waals surface area contributed by atoms with Crippen LogP contribution in [0.25, 0.3) is 0 Å². The lowest BCUT2D eigenvalue weighted by molar-refractivity contribution is -0.136. The van der Waals surface area contributed by atoms with Crippen LogP contribution in [0, 0.1) is 23.7 Å². The molecule has 5 rings (SSSR count). The average Bonchev–Trinajstić information content (AvgIpc) is 3.51. The Morgan fingerprint density at radius 2 is 1.82 bits per heavy atom. The van der Waals surface area contributed by atoms with Crippen molar-refractivity contribution in [1.82, 2.24) is 14.7 Å². The quantitative estimate of drug-likeness (QED) is 0.606. The maximum absolute atomic E-state index is 12.9. The molecule has 0 spiro atoms. The number of hydrogen-bond donors (Lipinski definition) is 2. The summed E-state index contributed by atoms with van der Waals surface area (Å²) in [7, 11) is 1.47. The number of methoxy groups -OCH3 is 1. The summed E-state index contributed by atoms with van der Waals surface area (Å²) in [5.41, 5.74) is 0.519. The van der Waals surface area contributed by atoms with Gasteiger partial charge in [0.1, 0.15) is 6.23 Å². The molecule has 1 aromatic carbocycles. The van der Waals surface area contributed by atoms with E-state index in [1.54, 1.807) is 17.0 Å². The first-order valence-electron chi connectivity index (χ1n) is 12.3. The fourth-order valence-electron chi connectivity index (χ4n) is 6.69. The van der Waals surface area contributed by atoms with Crippen molar-refractivity contribution >= 4 is 11.8 Å². The predicted octanol–water partition coefficient (Wildman–Crippen LogP) is 1.76. The first kappa shape index (κ1) is 22.5. The van der Waals surface area contributed by atoms with E-state index in [9.17, 15) is 19.8 Å². The molecule has 2 aliphatic carbocycles. The van der Waals surface area contributed by atoms with Crippen molar-refractivity contribution in [2.24, 2.45) is 23.7 Å². The van der Waals surface area contributed by atoms with Crippen LogP contribution in [-0.4, -0.2) is 89.3 Å². The summed E-state index contributed by atoms with van der Waals surface area (Å²) < 4.78 is 5.11. The Balaban J connectivity index is 1.04. The second kappa shape index (κ2) is 9.14. The number of phenols is 1. The second-order valence-electron chi connectivity index (χ2n) is 10.1. The molecule has 1 aromatic rings. The van der Waals surface area contributed by atoms with Gasteiger partial charge < -0.3 is 24.7 Å². The van der Waals surface area contributed by atoms with Gasteiger partial charge in [-0.25, -0.2) is 0 Å². The van der Waals surface area contributed by atoms with Crippen LogP contribution < -0.4 is 4.74 Å². The molecule has 0 radical (unpaired) electrons. The molecule has 180 valence electrons. The summed E-state index contributed by atoms with van der Waals surface area (Å²) in [6.45, 7) is 4.55. The van der Waals surface area contributed by atoms with Gasteiger partial charge in [-0.2, -0.15) is 0 Å². The molecule has 2 saturated heterocycles. The van der Waals surface area contributed by atoms with Gasteiger partial charge in [-0.15, -0.1) is 0 Å². The molecule has 2 amide bonds. The van der Waals surface area contributed by atoms with E-state index < -0.39 is 6.23 Å². The zero-order valence-electron chi connectivity index (χ0n) is 19.4. The number of nitrogens with zero attached hydrogens (tertiary/aromatic N) is 3. The average molecular weight is 458 g/mol. The topological polar surface area (TPSA) is 93.6 Å². The highest BCUT2D eigenvalue weighted by Crippen LogP contribution is 2.57. The standard InChI is InChI=1S/C25H35N3O5/c1-33-20-15-18(6-7-19(20)29)23(30)27-12-10-26(11-13-27)8-2-3-9-28-24(31)21-16-4-5-17(14-16)22(21)25(28)32/h6-7,15-17,21-22,24,29,31H,2-5,8-14H2,1H3/t16?,17?,21-,22+,24?/m0/s1. The van der Waals surface area contributed by atoms with E-state index in [1.165, 1.54) is 19.6 Å². The van der Waals surface area contributed by atoms with Crippen LogP contribution in [0.5, 0.6) is 11.5 Å². The number of amides is 2. The summed E-state index contributed by atoms with van der Waals surface area (Å²) in [6.07, 6.45) is 4.77. The second-order valence-corrected chi connectivity index (χ2v) is 10.1. The third-order valence-corrected chi connectivity index (χ3v) is 8.42.